The number of cyclic esters (lactones) is 1. The Morgan fingerprint density at radius 1 is 1.42 bits per heavy atom. The molecule has 1 aliphatic heterocycles. The molecule has 2 amide bonds. The maximum absolute atomic E-state index is 14.6. The Morgan fingerprint density at radius 3 is 2.85 bits per heavy atom. The van der Waals surface area contributed by atoms with E-state index in [1.165, 1.54) is 11.0 Å². The number of rotatable bonds is 6. The van der Waals surface area contributed by atoms with Crippen LogP contribution in [0.15, 0.2) is 36.5 Å². The molecule has 0 radical (unpaired) electrons. The number of nitrogens with two attached hydrogens (primary N) is 1. The van der Waals surface area contributed by atoms with Crippen molar-refractivity contribution in [2.24, 2.45) is 5.73 Å². The summed E-state index contributed by atoms with van der Waals surface area (Å²) in [6.07, 6.45) is 1.06. The second kappa shape index (κ2) is 7.38. The average Bonchev–Trinajstić information content (AvgIpc) is 3.01. The van der Waals surface area contributed by atoms with Gasteiger partial charge in [-0.25, -0.2) is 14.2 Å². The number of pyridine rings is 1. The maximum atomic E-state index is 14.6. The van der Waals surface area contributed by atoms with Crippen molar-refractivity contribution < 1.29 is 18.7 Å². The number of hydrogen-bond donors (Lipinski definition) is 2. The fraction of sp³-hybridized carbons (Fsp3) is 0.278. The zero-order valence-corrected chi connectivity index (χ0v) is 14.2. The molecule has 3 rings (SSSR count). The Morgan fingerprint density at radius 2 is 2.23 bits per heavy atom. The second-order valence-electron chi connectivity index (χ2n) is 5.97. The summed E-state index contributed by atoms with van der Waals surface area (Å²) in [5.41, 5.74) is 6.54. The van der Waals surface area contributed by atoms with Gasteiger partial charge < -0.3 is 15.8 Å². The Bertz CT molecular complexity index is 826. The van der Waals surface area contributed by atoms with Crippen LogP contribution in [-0.2, 0) is 9.53 Å². The molecule has 1 aromatic heterocycles. The maximum Gasteiger partial charge on any atom is 0.414 e. The smallest absolute Gasteiger partial charge is 0.414 e. The zero-order chi connectivity index (χ0) is 18.7. The van der Waals surface area contributed by atoms with Gasteiger partial charge in [-0.1, -0.05) is 0 Å². The molecule has 1 aliphatic rings. The van der Waals surface area contributed by atoms with Crippen LogP contribution in [0, 0.1) is 5.82 Å². The van der Waals surface area contributed by atoms with Gasteiger partial charge in [-0.05, 0) is 36.8 Å². The molecule has 0 saturated carbocycles. The van der Waals surface area contributed by atoms with E-state index in [1.807, 2.05) is 0 Å². The topological polar surface area (TPSA) is 97.5 Å². The van der Waals surface area contributed by atoms with E-state index in [2.05, 4.69) is 10.3 Å². The van der Waals surface area contributed by atoms with E-state index in [0.29, 0.717) is 29.1 Å². The van der Waals surface area contributed by atoms with Gasteiger partial charge in [-0.2, -0.15) is 0 Å². The highest BCUT2D eigenvalue weighted by atomic mass is 19.1. The van der Waals surface area contributed by atoms with Crippen molar-refractivity contribution in [1.29, 1.82) is 0 Å². The number of benzene rings is 1. The molecule has 8 heteroatoms. The number of primary amides is 1. The zero-order valence-electron chi connectivity index (χ0n) is 14.2. The molecule has 2 heterocycles. The van der Waals surface area contributed by atoms with E-state index in [4.69, 9.17) is 10.5 Å². The van der Waals surface area contributed by atoms with Gasteiger partial charge in [0.05, 0.1) is 12.2 Å². The van der Waals surface area contributed by atoms with E-state index >= 15 is 0 Å². The molecule has 0 aliphatic carbocycles. The fourth-order valence-electron chi connectivity index (χ4n) is 2.79. The standard InChI is InChI=1S/C18H19FN4O3/c1-21-17-7-2-11(9-22-17)14-5-3-12(8-15(14)19)23-10-13(26-18(23)25)4-6-16(20)24/h2-3,5,7-9,13H,4,6,10H2,1H3,(H2,20,24)(H,21,22). The van der Waals surface area contributed by atoms with Crippen LogP contribution in [0.2, 0.25) is 0 Å². The minimum atomic E-state index is -0.563. The van der Waals surface area contributed by atoms with Gasteiger partial charge in [0.2, 0.25) is 5.91 Å². The van der Waals surface area contributed by atoms with E-state index in [-0.39, 0.29) is 13.0 Å². The molecule has 1 unspecified atom stereocenters. The Labute approximate surface area is 150 Å². The predicted octanol–water partition coefficient (Wildman–Crippen LogP) is 2.52. The van der Waals surface area contributed by atoms with Crippen LogP contribution in [0.4, 0.5) is 20.7 Å². The number of nitrogens with one attached hydrogen (secondary N) is 1. The Balaban J connectivity index is 1.76. The SMILES string of the molecule is CNc1ccc(-c2ccc(N3CC(CCC(N)=O)OC3=O)cc2F)cn1. The number of halogens is 1. The predicted molar refractivity (Wildman–Crippen MR) is 95.2 cm³/mol. The van der Waals surface area contributed by atoms with Crippen LogP contribution >= 0.6 is 0 Å². The third kappa shape index (κ3) is 3.74. The molecule has 0 spiro atoms. The van der Waals surface area contributed by atoms with Crippen molar-refractivity contribution in [2.75, 3.05) is 23.8 Å². The summed E-state index contributed by atoms with van der Waals surface area (Å²) in [6.45, 7) is 0.253. The molecule has 26 heavy (non-hydrogen) atoms. The van der Waals surface area contributed by atoms with E-state index in [0.717, 1.165) is 0 Å². The number of amides is 2. The van der Waals surface area contributed by atoms with Gasteiger partial charge in [-0.15, -0.1) is 0 Å². The van der Waals surface area contributed by atoms with Crippen LogP contribution in [0.3, 0.4) is 0 Å². The molecule has 3 N–H and O–H groups in total. The fourth-order valence-corrected chi connectivity index (χ4v) is 2.79. The van der Waals surface area contributed by atoms with Gasteiger partial charge in [0, 0.05) is 30.8 Å². The molecule has 136 valence electrons. The van der Waals surface area contributed by atoms with Crippen LogP contribution in [0.1, 0.15) is 12.8 Å². The summed E-state index contributed by atoms with van der Waals surface area (Å²) in [5, 5.41) is 2.90. The Kier molecular flexibility index (Phi) is 5.01. The van der Waals surface area contributed by atoms with Gasteiger partial charge in [0.15, 0.2) is 0 Å². The molecule has 1 aromatic carbocycles. The first kappa shape index (κ1) is 17.7. The molecule has 0 bridgehead atoms. The number of ether oxygens (including phenoxy) is 1. The van der Waals surface area contributed by atoms with Crippen molar-refractivity contribution >= 4 is 23.5 Å². The summed E-state index contributed by atoms with van der Waals surface area (Å²) < 4.78 is 19.8. The van der Waals surface area contributed by atoms with Crippen molar-refractivity contribution in [3.63, 3.8) is 0 Å². The van der Waals surface area contributed by atoms with E-state index in [1.54, 1.807) is 37.5 Å². The first-order valence-corrected chi connectivity index (χ1v) is 8.18. The monoisotopic (exact) mass is 358 g/mol. The molecular formula is C18H19FN4O3. The number of aromatic nitrogens is 1. The third-order valence-corrected chi connectivity index (χ3v) is 4.18. The van der Waals surface area contributed by atoms with Crippen molar-refractivity contribution in [3.8, 4) is 11.1 Å². The second-order valence-corrected chi connectivity index (χ2v) is 5.97. The Hall–Kier alpha value is -3.16. The summed E-state index contributed by atoms with van der Waals surface area (Å²) in [7, 11) is 1.75. The summed E-state index contributed by atoms with van der Waals surface area (Å²) >= 11 is 0. The van der Waals surface area contributed by atoms with Gasteiger partial charge in [0.1, 0.15) is 17.7 Å². The normalized spacial score (nSPS) is 16.5. The minimum absolute atomic E-state index is 0.134. The third-order valence-electron chi connectivity index (χ3n) is 4.18. The lowest BCUT2D eigenvalue weighted by molar-refractivity contribution is -0.118. The molecular weight excluding hydrogens is 339 g/mol. The number of anilines is 2. The first-order chi connectivity index (χ1) is 12.5. The first-order valence-electron chi connectivity index (χ1n) is 8.18. The van der Waals surface area contributed by atoms with Crippen LogP contribution < -0.4 is 16.0 Å². The van der Waals surface area contributed by atoms with Crippen molar-refractivity contribution in [1.82, 2.24) is 4.98 Å². The minimum Gasteiger partial charge on any atom is -0.444 e. The molecule has 7 nitrogen and oxygen atoms in total. The van der Waals surface area contributed by atoms with Gasteiger partial charge >= 0.3 is 6.09 Å². The van der Waals surface area contributed by atoms with E-state index < -0.39 is 23.9 Å². The van der Waals surface area contributed by atoms with E-state index in [9.17, 15) is 14.0 Å². The van der Waals surface area contributed by atoms with Crippen molar-refractivity contribution in [3.05, 3.63) is 42.3 Å². The molecule has 1 fully saturated rings. The van der Waals surface area contributed by atoms with Crippen LogP contribution in [0.5, 0.6) is 0 Å². The highest BCUT2D eigenvalue weighted by molar-refractivity contribution is 5.90. The van der Waals surface area contributed by atoms with Gasteiger partial charge in [-0.3, -0.25) is 9.69 Å². The van der Waals surface area contributed by atoms with Crippen LogP contribution in [0.25, 0.3) is 11.1 Å². The summed E-state index contributed by atoms with van der Waals surface area (Å²) in [6, 6.07) is 8.07. The highest BCUT2D eigenvalue weighted by Gasteiger charge is 2.32. The highest BCUT2D eigenvalue weighted by Crippen LogP contribution is 2.29. The quantitative estimate of drug-likeness (QED) is 0.827. The molecule has 1 saturated heterocycles. The average molecular weight is 358 g/mol. The van der Waals surface area contributed by atoms with Crippen molar-refractivity contribution in [2.45, 2.75) is 18.9 Å². The number of carbonyl (C=O) groups is 2. The number of nitrogens with zero attached hydrogens (tertiary/aromatic N) is 2. The lowest BCUT2D eigenvalue weighted by Crippen LogP contribution is -2.25. The number of carbonyl (C=O) groups excluding carboxylic acids is 2. The van der Waals surface area contributed by atoms with Crippen LogP contribution in [-0.4, -0.2) is 36.7 Å². The summed E-state index contributed by atoms with van der Waals surface area (Å²) in [4.78, 5) is 28.4. The lowest BCUT2D eigenvalue weighted by Gasteiger charge is -2.14. The summed E-state index contributed by atoms with van der Waals surface area (Å²) in [5.74, 6) is -0.227. The molecule has 1 atom stereocenters. The lowest BCUT2D eigenvalue weighted by atomic mass is 10.1. The number of hydrogen-bond acceptors (Lipinski definition) is 5. The van der Waals surface area contributed by atoms with Gasteiger partial charge in [0.25, 0.3) is 0 Å². The molecule has 2 aromatic rings. The largest absolute Gasteiger partial charge is 0.444 e.